The van der Waals surface area contributed by atoms with E-state index in [1.54, 1.807) is 6.92 Å². The van der Waals surface area contributed by atoms with E-state index >= 15 is 0 Å². The number of carbonyl (C=O) groups is 2. The first kappa shape index (κ1) is 13.7. The van der Waals surface area contributed by atoms with Gasteiger partial charge in [0.05, 0.1) is 0 Å². The molecule has 0 aromatic rings. The zero-order valence-corrected chi connectivity index (χ0v) is 12.2. The molecule has 0 aliphatic carbocycles. The van der Waals surface area contributed by atoms with Gasteiger partial charge in [-0.2, -0.15) is 0 Å². The molecule has 4 nitrogen and oxygen atoms in total. The monoisotopic (exact) mass is 340 g/mol. The first-order valence-electron chi connectivity index (χ1n) is 5.27. The lowest BCUT2D eigenvalue weighted by Gasteiger charge is -2.26. The molecule has 1 fully saturated rings. The zero-order valence-electron chi connectivity index (χ0n) is 10.0. The topological polar surface area (TPSA) is 52.6 Å². The van der Waals surface area contributed by atoms with Gasteiger partial charge in [0, 0.05) is 5.41 Å². The number of hydrogen-bond acceptors (Lipinski definition) is 4. The molecule has 0 aromatic heterocycles. The Morgan fingerprint density at radius 2 is 2.25 bits per heavy atom. The van der Waals surface area contributed by atoms with Gasteiger partial charge in [-0.3, -0.25) is 4.79 Å². The van der Waals surface area contributed by atoms with Crippen molar-refractivity contribution in [3.63, 3.8) is 0 Å². The van der Waals surface area contributed by atoms with Crippen LogP contribution in [0.3, 0.4) is 0 Å². The summed E-state index contributed by atoms with van der Waals surface area (Å²) in [6, 6.07) is 0. The third-order valence-electron chi connectivity index (χ3n) is 2.82. The van der Waals surface area contributed by atoms with E-state index in [2.05, 4.69) is 0 Å². The molecule has 1 aliphatic heterocycles. The van der Waals surface area contributed by atoms with Gasteiger partial charge in [-0.25, -0.2) is 4.79 Å². The number of carbonyl (C=O) groups excluding carboxylic acids is 2. The fraction of sp³-hybridized carbons (Fsp3) is 0.818. The summed E-state index contributed by atoms with van der Waals surface area (Å²) in [5.41, 5.74) is -0.437. The molecule has 0 saturated carbocycles. The molecule has 0 aromatic carbocycles. The van der Waals surface area contributed by atoms with E-state index in [1.807, 2.05) is 43.4 Å². The maximum Gasteiger partial charge on any atom is 0.348 e. The fourth-order valence-electron chi connectivity index (χ4n) is 1.31. The highest BCUT2D eigenvalue weighted by atomic mass is 127. The molecule has 5 heteroatoms. The number of cyclic esters (lactones) is 1. The Balaban J connectivity index is 2.74. The molecule has 0 N–H and O–H groups in total. The number of hydrogen-bond donors (Lipinski definition) is 0. The Hall–Kier alpha value is -0.330. The number of halogens is 1. The van der Waals surface area contributed by atoms with Crippen LogP contribution in [-0.2, 0) is 19.1 Å². The average molecular weight is 340 g/mol. The molecular weight excluding hydrogens is 323 g/mol. The van der Waals surface area contributed by atoms with Crippen LogP contribution in [0.1, 0.15) is 34.1 Å². The van der Waals surface area contributed by atoms with Gasteiger partial charge < -0.3 is 9.47 Å². The lowest BCUT2D eigenvalue weighted by atomic mass is 9.89. The van der Waals surface area contributed by atoms with Crippen molar-refractivity contribution in [3.05, 3.63) is 0 Å². The summed E-state index contributed by atoms with van der Waals surface area (Å²) >= 11 is 2.04. The highest BCUT2D eigenvalue weighted by Crippen LogP contribution is 2.33. The standard InChI is InChI=1S/C11H17IO4/c1-5-11(4,12)9(14)16-7-8(13)15-6-10(7,2)3/h7H,5-6H2,1-4H3. The normalized spacial score (nSPS) is 27.1. The van der Waals surface area contributed by atoms with Gasteiger partial charge >= 0.3 is 11.9 Å². The Morgan fingerprint density at radius 3 is 2.62 bits per heavy atom. The second-order valence-corrected chi connectivity index (χ2v) is 7.31. The quantitative estimate of drug-likeness (QED) is 0.449. The van der Waals surface area contributed by atoms with Crippen LogP contribution in [0.2, 0.25) is 0 Å². The van der Waals surface area contributed by atoms with Crippen LogP contribution in [0.25, 0.3) is 0 Å². The predicted octanol–water partition coefficient (Wildman–Crippen LogP) is 2.08. The maximum atomic E-state index is 11.8. The summed E-state index contributed by atoms with van der Waals surface area (Å²) in [7, 11) is 0. The van der Waals surface area contributed by atoms with Gasteiger partial charge in [0.1, 0.15) is 10.0 Å². The molecule has 2 unspecified atom stereocenters. The molecule has 1 aliphatic rings. The van der Waals surface area contributed by atoms with E-state index in [4.69, 9.17) is 9.47 Å². The lowest BCUT2D eigenvalue weighted by molar-refractivity contribution is -0.164. The summed E-state index contributed by atoms with van der Waals surface area (Å²) < 4.78 is 9.60. The summed E-state index contributed by atoms with van der Waals surface area (Å²) in [6.07, 6.45) is -0.116. The van der Waals surface area contributed by atoms with E-state index in [-0.39, 0.29) is 5.97 Å². The van der Waals surface area contributed by atoms with Crippen LogP contribution in [0.15, 0.2) is 0 Å². The van der Waals surface area contributed by atoms with Crippen molar-refractivity contribution in [1.29, 1.82) is 0 Å². The van der Waals surface area contributed by atoms with Crippen LogP contribution < -0.4 is 0 Å². The third-order valence-corrected chi connectivity index (χ3v) is 4.03. The van der Waals surface area contributed by atoms with E-state index in [0.29, 0.717) is 13.0 Å². The van der Waals surface area contributed by atoms with Crippen molar-refractivity contribution < 1.29 is 19.1 Å². The van der Waals surface area contributed by atoms with E-state index in [1.165, 1.54) is 0 Å². The minimum Gasteiger partial charge on any atom is -0.462 e. The second-order valence-electron chi connectivity index (χ2n) is 4.93. The summed E-state index contributed by atoms with van der Waals surface area (Å²) in [5.74, 6) is -0.797. The number of ether oxygens (including phenoxy) is 2. The van der Waals surface area contributed by atoms with Crippen LogP contribution in [0.5, 0.6) is 0 Å². The van der Waals surface area contributed by atoms with Gasteiger partial charge in [-0.05, 0) is 13.3 Å². The molecule has 16 heavy (non-hydrogen) atoms. The van der Waals surface area contributed by atoms with Gasteiger partial charge in [0.25, 0.3) is 0 Å². The number of rotatable bonds is 3. The van der Waals surface area contributed by atoms with Crippen LogP contribution in [0, 0.1) is 5.41 Å². The highest BCUT2D eigenvalue weighted by Gasteiger charge is 2.48. The second kappa shape index (κ2) is 4.50. The maximum absolute atomic E-state index is 11.8. The summed E-state index contributed by atoms with van der Waals surface area (Å²) in [5, 5.41) is 0. The average Bonchev–Trinajstić information content (AvgIpc) is 2.44. The third kappa shape index (κ3) is 2.67. The molecule has 1 saturated heterocycles. The first-order valence-corrected chi connectivity index (χ1v) is 6.35. The van der Waals surface area contributed by atoms with Crippen molar-refractivity contribution in [2.75, 3.05) is 6.61 Å². The molecule has 0 radical (unpaired) electrons. The summed E-state index contributed by atoms with van der Waals surface area (Å²) in [4.78, 5) is 23.3. The fourth-order valence-corrected chi connectivity index (χ4v) is 1.44. The van der Waals surface area contributed by atoms with E-state index < -0.39 is 20.9 Å². The Morgan fingerprint density at radius 1 is 1.69 bits per heavy atom. The number of esters is 2. The molecule has 92 valence electrons. The molecule has 2 atom stereocenters. The van der Waals surface area contributed by atoms with E-state index in [9.17, 15) is 9.59 Å². The molecule has 0 amide bonds. The Labute approximate surface area is 109 Å². The van der Waals surface area contributed by atoms with Crippen LogP contribution in [0.4, 0.5) is 0 Å². The number of alkyl halides is 1. The molecule has 1 rings (SSSR count). The van der Waals surface area contributed by atoms with E-state index in [0.717, 1.165) is 0 Å². The molecule has 0 spiro atoms. The van der Waals surface area contributed by atoms with Gasteiger partial charge in [0.15, 0.2) is 0 Å². The first-order chi connectivity index (χ1) is 7.20. The van der Waals surface area contributed by atoms with Crippen LogP contribution in [-0.4, -0.2) is 28.1 Å². The minimum atomic E-state index is -0.777. The van der Waals surface area contributed by atoms with Gasteiger partial charge in [-0.15, -0.1) is 0 Å². The van der Waals surface area contributed by atoms with Crippen molar-refractivity contribution >= 4 is 34.5 Å². The molecule has 1 heterocycles. The van der Waals surface area contributed by atoms with Gasteiger partial charge in [0.2, 0.25) is 6.10 Å². The molecule has 0 bridgehead atoms. The highest BCUT2D eigenvalue weighted by molar-refractivity contribution is 14.1. The predicted molar refractivity (Wildman–Crippen MR) is 67.3 cm³/mol. The Bertz CT molecular complexity index is 309. The van der Waals surface area contributed by atoms with Crippen molar-refractivity contribution in [1.82, 2.24) is 0 Å². The largest absolute Gasteiger partial charge is 0.462 e. The zero-order chi connectivity index (χ0) is 12.6. The van der Waals surface area contributed by atoms with Crippen molar-refractivity contribution in [2.24, 2.45) is 5.41 Å². The Kier molecular flexibility index (Phi) is 3.87. The van der Waals surface area contributed by atoms with Gasteiger partial charge in [-0.1, -0.05) is 43.4 Å². The smallest absolute Gasteiger partial charge is 0.348 e. The molecular formula is C11H17IO4. The minimum absolute atomic E-state index is 0.299. The van der Waals surface area contributed by atoms with Crippen LogP contribution >= 0.6 is 22.6 Å². The SMILES string of the molecule is CCC(C)(I)C(=O)OC1C(=O)OCC1(C)C. The lowest BCUT2D eigenvalue weighted by Crippen LogP contribution is -2.40. The summed E-state index contributed by atoms with van der Waals surface area (Å²) in [6.45, 7) is 7.71. The van der Waals surface area contributed by atoms with Crippen molar-refractivity contribution in [3.8, 4) is 0 Å². The van der Waals surface area contributed by atoms with Crippen molar-refractivity contribution in [2.45, 2.75) is 43.6 Å².